The largest absolute Gasteiger partial charge is 0.300 e. The van der Waals surface area contributed by atoms with Crippen molar-refractivity contribution < 1.29 is 9.59 Å². The first-order valence-corrected chi connectivity index (χ1v) is 6.95. The van der Waals surface area contributed by atoms with Crippen molar-refractivity contribution in [2.45, 2.75) is 40.5 Å². The van der Waals surface area contributed by atoms with Crippen LogP contribution in [0.1, 0.15) is 50.9 Å². The molecule has 1 aromatic rings. The number of nitriles is 1. The van der Waals surface area contributed by atoms with Gasteiger partial charge in [-0.05, 0) is 19.1 Å². The average Bonchev–Trinajstić information content (AvgIpc) is 2.42. The quantitative estimate of drug-likeness (QED) is 0.765. The van der Waals surface area contributed by atoms with Crippen molar-refractivity contribution in [3.05, 3.63) is 34.3 Å². The maximum absolute atomic E-state index is 11.1. The highest BCUT2D eigenvalue weighted by molar-refractivity contribution is 9.10. The monoisotopic (exact) mass is 325 g/mol. The lowest BCUT2D eigenvalue weighted by atomic mass is 10.1. The van der Waals surface area contributed by atoms with Gasteiger partial charge >= 0.3 is 0 Å². The van der Waals surface area contributed by atoms with Crippen LogP contribution < -0.4 is 0 Å². The van der Waals surface area contributed by atoms with Gasteiger partial charge in [0, 0.05) is 16.5 Å². The summed E-state index contributed by atoms with van der Waals surface area (Å²) < 4.78 is 0.927. The van der Waals surface area contributed by atoms with Crippen LogP contribution in [0.4, 0.5) is 0 Å². The van der Waals surface area contributed by atoms with Gasteiger partial charge in [-0.25, -0.2) is 0 Å². The van der Waals surface area contributed by atoms with E-state index in [0.29, 0.717) is 12.0 Å². The summed E-state index contributed by atoms with van der Waals surface area (Å²) in [5, 5.41) is 8.27. The lowest BCUT2D eigenvalue weighted by Crippen LogP contribution is -1.95. The molecule has 0 aliphatic rings. The van der Waals surface area contributed by atoms with E-state index in [4.69, 9.17) is 5.26 Å². The van der Waals surface area contributed by atoms with Crippen LogP contribution in [0.5, 0.6) is 0 Å². The molecule has 1 rings (SSSR count). The Morgan fingerprint density at radius 2 is 1.63 bits per heavy atom. The minimum atomic E-state index is -0.134. The maximum Gasteiger partial charge on any atom is 0.176 e. The summed E-state index contributed by atoms with van der Waals surface area (Å²) >= 11 is 3.26. The van der Waals surface area contributed by atoms with E-state index in [1.807, 2.05) is 26.8 Å². The topological polar surface area (TPSA) is 57.9 Å². The molecule has 4 heteroatoms. The van der Waals surface area contributed by atoms with Crippen LogP contribution in [0.25, 0.3) is 0 Å². The Hall–Kier alpha value is -1.47. The molecule has 0 fully saturated rings. The van der Waals surface area contributed by atoms with E-state index in [0.717, 1.165) is 4.47 Å². The molecular formula is C15H20BrNO2. The van der Waals surface area contributed by atoms with Gasteiger partial charge in [-0.15, -0.1) is 0 Å². The number of rotatable bonds is 3. The molecule has 0 bridgehead atoms. The molecule has 0 aromatic heterocycles. The molecule has 0 aliphatic carbocycles. The Morgan fingerprint density at radius 3 is 1.95 bits per heavy atom. The molecule has 0 atom stereocenters. The fourth-order valence-corrected chi connectivity index (χ4v) is 1.07. The van der Waals surface area contributed by atoms with Gasteiger partial charge in [0.05, 0.1) is 12.5 Å². The van der Waals surface area contributed by atoms with E-state index >= 15 is 0 Å². The average molecular weight is 326 g/mol. The molecule has 104 valence electrons. The number of hydrogen-bond donors (Lipinski definition) is 0. The highest BCUT2D eigenvalue weighted by atomic mass is 79.9. The predicted molar refractivity (Wildman–Crippen MR) is 81.0 cm³/mol. The zero-order valence-corrected chi connectivity index (χ0v) is 13.5. The second-order valence-electron chi connectivity index (χ2n) is 3.32. The maximum atomic E-state index is 11.1. The van der Waals surface area contributed by atoms with Gasteiger partial charge in [0.15, 0.2) is 5.78 Å². The number of halogens is 1. The number of benzene rings is 1. The number of carbonyl (C=O) groups excluding carboxylic acids is 2. The van der Waals surface area contributed by atoms with Crippen molar-refractivity contribution in [2.24, 2.45) is 0 Å². The van der Waals surface area contributed by atoms with Crippen LogP contribution in [-0.4, -0.2) is 11.6 Å². The van der Waals surface area contributed by atoms with Gasteiger partial charge in [-0.1, -0.05) is 48.8 Å². The van der Waals surface area contributed by atoms with Gasteiger partial charge in [0.2, 0.25) is 0 Å². The Kier molecular flexibility index (Phi) is 13.6. The highest BCUT2D eigenvalue weighted by Gasteiger charge is 2.03. The fourth-order valence-electron chi connectivity index (χ4n) is 0.810. The third-order valence-electron chi connectivity index (χ3n) is 1.90. The van der Waals surface area contributed by atoms with Crippen molar-refractivity contribution >= 4 is 27.5 Å². The van der Waals surface area contributed by atoms with Crippen molar-refractivity contribution in [3.8, 4) is 6.07 Å². The molecule has 0 saturated heterocycles. The second-order valence-corrected chi connectivity index (χ2v) is 4.24. The lowest BCUT2D eigenvalue weighted by molar-refractivity contribution is -0.116. The van der Waals surface area contributed by atoms with Crippen molar-refractivity contribution in [1.82, 2.24) is 0 Å². The molecule has 0 N–H and O–H groups in total. The van der Waals surface area contributed by atoms with Crippen molar-refractivity contribution in [1.29, 1.82) is 5.26 Å². The lowest BCUT2D eigenvalue weighted by Gasteiger charge is -1.95. The smallest absolute Gasteiger partial charge is 0.176 e. The first kappa shape index (κ1) is 19.9. The Labute approximate surface area is 123 Å². The van der Waals surface area contributed by atoms with Crippen LogP contribution >= 0.6 is 15.9 Å². The minimum absolute atomic E-state index is 0.0539. The summed E-state index contributed by atoms with van der Waals surface area (Å²) in [4.78, 5) is 20.9. The summed E-state index contributed by atoms with van der Waals surface area (Å²) in [6.07, 6.45) is 0.613. The minimum Gasteiger partial charge on any atom is -0.300 e. The first-order chi connectivity index (χ1) is 9.01. The van der Waals surface area contributed by atoms with E-state index in [1.165, 1.54) is 0 Å². The van der Waals surface area contributed by atoms with Crippen molar-refractivity contribution in [3.63, 3.8) is 0 Å². The molecule has 0 saturated carbocycles. The number of Topliss-reactive ketones (excluding diaryl/α,β-unsaturated/α-hetero) is 2. The first-order valence-electron chi connectivity index (χ1n) is 6.16. The molecule has 1 aromatic carbocycles. The van der Waals surface area contributed by atoms with Gasteiger partial charge < -0.3 is 4.79 Å². The molecule has 0 unspecified atom stereocenters. The summed E-state index contributed by atoms with van der Waals surface area (Å²) in [5.41, 5.74) is 0.583. The molecular weight excluding hydrogens is 306 g/mol. The number of ketones is 2. The molecule has 19 heavy (non-hydrogen) atoms. The molecule has 3 nitrogen and oxygen atoms in total. The molecule has 0 heterocycles. The number of nitrogens with zero attached hydrogens (tertiary/aromatic N) is 1. The Bertz CT molecular complexity index is 419. The van der Waals surface area contributed by atoms with Crippen LogP contribution in [0.15, 0.2) is 28.7 Å². The Balaban J connectivity index is 0. The number of hydrogen-bond acceptors (Lipinski definition) is 3. The summed E-state index contributed by atoms with van der Waals surface area (Å²) in [6.45, 7) is 7.43. The second kappa shape index (κ2) is 13.0. The van der Waals surface area contributed by atoms with Crippen LogP contribution in [0, 0.1) is 11.3 Å². The highest BCUT2D eigenvalue weighted by Crippen LogP contribution is 2.11. The van der Waals surface area contributed by atoms with Crippen LogP contribution in [0.3, 0.4) is 0 Å². The summed E-state index contributed by atoms with van der Waals surface area (Å²) in [5.74, 6) is 0.120. The molecule has 0 radical (unpaired) electrons. The standard InChI is InChI=1S/C9H6BrNO.C4H8O.C2H6/c10-8-3-1-7(2-4-8)9(12)5-6-11;1-3-4(2)5;1-2/h1-4H,5H2;3H2,1-2H3;1-2H3. The normalized spacial score (nSPS) is 8.00. The van der Waals surface area contributed by atoms with Crippen LogP contribution in [0.2, 0.25) is 0 Å². The zero-order chi connectivity index (χ0) is 15.3. The van der Waals surface area contributed by atoms with Gasteiger partial charge in [0.25, 0.3) is 0 Å². The Morgan fingerprint density at radius 1 is 1.21 bits per heavy atom. The van der Waals surface area contributed by atoms with E-state index in [-0.39, 0.29) is 18.0 Å². The fraction of sp³-hybridized carbons (Fsp3) is 0.400. The van der Waals surface area contributed by atoms with E-state index < -0.39 is 0 Å². The van der Waals surface area contributed by atoms with Gasteiger partial charge in [-0.3, -0.25) is 4.79 Å². The molecule has 0 spiro atoms. The zero-order valence-electron chi connectivity index (χ0n) is 11.9. The van der Waals surface area contributed by atoms with Crippen LogP contribution in [-0.2, 0) is 4.79 Å². The van der Waals surface area contributed by atoms with E-state index in [2.05, 4.69) is 15.9 Å². The van der Waals surface area contributed by atoms with Crippen molar-refractivity contribution in [2.75, 3.05) is 0 Å². The van der Waals surface area contributed by atoms with E-state index in [1.54, 1.807) is 31.2 Å². The van der Waals surface area contributed by atoms with Gasteiger partial charge in [0.1, 0.15) is 5.78 Å². The summed E-state index contributed by atoms with van der Waals surface area (Å²) in [7, 11) is 0. The SMILES string of the molecule is CC.CCC(C)=O.N#CCC(=O)c1ccc(Br)cc1. The third kappa shape index (κ3) is 11.4. The molecule has 0 aliphatic heterocycles. The van der Waals surface area contributed by atoms with Gasteiger partial charge in [-0.2, -0.15) is 5.26 Å². The predicted octanol–water partition coefficient (Wildman–Crippen LogP) is 4.56. The molecule has 0 amide bonds. The van der Waals surface area contributed by atoms with E-state index in [9.17, 15) is 9.59 Å². The summed E-state index contributed by atoms with van der Waals surface area (Å²) in [6, 6.07) is 8.78. The number of carbonyl (C=O) groups is 2. The third-order valence-corrected chi connectivity index (χ3v) is 2.43.